The summed E-state index contributed by atoms with van der Waals surface area (Å²) in [5.41, 5.74) is 2.65. The van der Waals surface area contributed by atoms with Gasteiger partial charge >= 0.3 is 6.09 Å². The monoisotopic (exact) mass is 553 g/mol. The fourth-order valence-corrected chi connectivity index (χ4v) is 4.54. The number of hydrogen-bond donors (Lipinski definition) is 2. The molecule has 0 saturated carbocycles. The van der Waals surface area contributed by atoms with Gasteiger partial charge in [0.05, 0.1) is 0 Å². The predicted octanol–water partition coefficient (Wildman–Crippen LogP) is 6.03. The molecule has 0 aromatic heterocycles. The number of alkyl carbamates (subject to hydrolysis) is 1. The molecule has 41 heavy (non-hydrogen) atoms. The molecule has 0 aliphatic heterocycles. The second kappa shape index (κ2) is 14.2. The quantitative estimate of drug-likeness (QED) is 0.300. The van der Waals surface area contributed by atoms with Gasteiger partial charge in [0.1, 0.15) is 17.7 Å². The lowest BCUT2D eigenvalue weighted by Crippen LogP contribution is -2.53. The molecular weight excluding hydrogens is 514 g/mol. The van der Waals surface area contributed by atoms with E-state index in [9.17, 15) is 14.4 Å². The molecule has 7 nitrogen and oxygen atoms in total. The Labute approximate surface area is 243 Å². The molecular formula is C34H39N3O4. The van der Waals surface area contributed by atoms with Crippen molar-refractivity contribution in [1.82, 2.24) is 10.2 Å². The summed E-state index contributed by atoms with van der Waals surface area (Å²) >= 11 is 0. The fourth-order valence-electron chi connectivity index (χ4n) is 4.54. The third kappa shape index (κ3) is 8.71. The zero-order valence-corrected chi connectivity index (χ0v) is 24.4. The molecule has 0 bridgehead atoms. The number of para-hydroxylation sites is 1. The number of ether oxygens (including phenoxy) is 1. The van der Waals surface area contributed by atoms with Crippen LogP contribution in [0.4, 0.5) is 10.5 Å². The summed E-state index contributed by atoms with van der Waals surface area (Å²) in [4.78, 5) is 42.9. The molecule has 3 rings (SSSR count). The van der Waals surface area contributed by atoms with Gasteiger partial charge in [-0.3, -0.25) is 9.59 Å². The van der Waals surface area contributed by atoms with Crippen LogP contribution in [0.15, 0.2) is 78.9 Å². The zero-order chi connectivity index (χ0) is 30.0. The zero-order valence-electron chi connectivity index (χ0n) is 24.4. The summed E-state index contributed by atoms with van der Waals surface area (Å²) in [6, 6.07) is 21.9. The number of terminal acetylenes is 1. The van der Waals surface area contributed by atoms with Crippen molar-refractivity contribution in [3.05, 3.63) is 101 Å². The average molecular weight is 554 g/mol. The Balaban J connectivity index is 2.08. The van der Waals surface area contributed by atoms with Crippen molar-refractivity contribution in [1.29, 1.82) is 0 Å². The Morgan fingerprint density at radius 1 is 0.951 bits per heavy atom. The van der Waals surface area contributed by atoms with Crippen LogP contribution in [-0.4, -0.2) is 41.0 Å². The number of nitrogens with zero attached hydrogens (tertiary/aromatic N) is 1. The van der Waals surface area contributed by atoms with Gasteiger partial charge in [0.2, 0.25) is 5.91 Å². The molecule has 0 aliphatic rings. The Bertz CT molecular complexity index is 1390. The molecule has 3 amide bonds. The van der Waals surface area contributed by atoms with E-state index in [0.717, 1.165) is 11.1 Å². The topological polar surface area (TPSA) is 87.7 Å². The Morgan fingerprint density at radius 2 is 1.59 bits per heavy atom. The molecule has 2 atom stereocenters. The lowest BCUT2D eigenvalue weighted by atomic mass is 9.96. The minimum Gasteiger partial charge on any atom is -0.444 e. The number of amides is 3. The maximum Gasteiger partial charge on any atom is 0.408 e. The SMILES string of the molecule is C#Cc1ccccc1C(C(=O)Nc1ccccc1C)N(CCC)C(=O)C(Cc1ccccc1)NC(=O)OC(C)(C)C. The number of benzene rings is 3. The summed E-state index contributed by atoms with van der Waals surface area (Å²) in [6.45, 7) is 9.35. The number of hydrogen-bond acceptors (Lipinski definition) is 4. The normalized spacial score (nSPS) is 12.4. The molecule has 7 heteroatoms. The van der Waals surface area contributed by atoms with Gasteiger partial charge in [0, 0.05) is 24.2 Å². The first-order chi connectivity index (χ1) is 19.5. The average Bonchev–Trinajstić information content (AvgIpc) is 2.93. The summed E-state index contributed by atoms with van der Waals surface area (Å²) in [5.74, 6) is 1.84. The third-order valence-electron chi connectivity index (χ3n) is 6.39. The van der Waals surface area contributed by atoms with E-state index in [0.29, 0.717) is 23.2 Å². The molecule has 0 aliphatic carbocycles. The van der Waals surface area contributed by atoms with Gasteiger partial charge < -0.3 is 20.3 Å². The Morgan fingerprint density at radius 3 is 2.22 bits per heavy atom. The first-order valence-electron chi connectivity index (χ1n) is 13.8. The van der Waals surface area contributed by atoms with Crippen molar-refractivity contribution in [3.8, 4) is 12.3 Å². The van der Waals surface area contributed by atoms with Crippen molar-refractivity contribution in [2.45, 2.75) is 65.1 Å². The number of carbonyl (C=O) groups is 3. The molecule has 0 spiro atoms. The maximum atomic E-state index is 14.4. The highest BCUT2D eigenvalue weighted by Crippen LogP contribution is 2.28. The fraction of sp³-hybridized carbons (Fsp3) is 0.324. The van der Waals surface area contributed by atoms with E-state index in [1.165, 1.54) is 4.90 Å². The van der Waals surface area contributed by atoms with E-state index in [1.807, 2.05) is 68.4 Å². The summed E-state index contributed by atoms with van der Waals surface area (Å²) in [6.07, 6.45) is 5.91. The summed E-state index contributed by atoms with van der Waals surface area (Å²) in [7, 11) is 0. The molecule has 2 N–H and O–H groups in total. The highest BCUT2D eigenvalue weighted by atomic mass is 16.6. The van der Waals surface area contributed by atoms with Crippen LogP contribution in [0.5, 0.6) is 0 Å². The van der Waals surface area contributed by atoms with Crippen LogP contribution < -0.4 is 10.6 Å². The number of carbonyl (C=O) groups excluding carboxylic acids is 3. The van der Waals surface area contributed by atoms with Gasteiger partial charge in [-0.15, -0.1) is 6.42 Å². The lowest BCUT2D eigenvalue weighted by molar-refractivity contribution is -0.140. The first kappa shape index (κ1) is 31.0. The molecule has 3 aromatic carbocycles. The highest BCUT2D eigenvalue weighted by molar-refractivity contribution is 5.99. The largest absolute Gasteiger partial charge is 0.444 e. The van der Waals surface area contributed by atoms with Crippen LogP contribution in [0.1, 0.15) is 62.4 Å². The van der Waals surface area contributed by atoms with Crippen LogP contribution in [-0.2, 0) is 20.7 Å². The molecule has 2 unspecified atom stereocenters. The van der Waals surface area contributed by atoms with Crippen molar-refractivity contribution in [2.24, 2.45) is 0 Å². The van der Waals surface area contributed by atoms with E-state index in [4.69, 9.17) is 11.2 Å². The standard InChI is InChI=1S/C34H39N3O4/c1-7-22-37(32(39)29(23-25-17-10-9-11-18-25)36-33(40)41-34(4,5)6)30(27-20-14-13-19-26(27)8-2)31(38)35-28-21-15-12-16-24(28)3/h2,9-21,29-30H,7,22-23H2,1,3-6H3,(H,35,38)(H,36,40). The van der Waals surface area contributed by atoms with E-state index in [2.05, 4.69) is 16.6 Å². The van der Waals surface area contributed by atoms with Crippen molar-refractivity contribution in [3.63, 3.8) is 0 Å². The Hall–Kier alpha value is -4.57. The minimum absolute atomic E-state index is 0.210. The van der Waals surface area contributed by atoms with E-state index < -0.39 is 35.6 Å². The molecule has 0 heterocycles. The van der Waals surface area contributed by atoms with Crippen molar-refractivity contribution in [2.75, 3.05) is 11.9 Å². The Kier molecular flexibility index (Phi) is 10.7. The van der Waals surface area contributed by atoms with Crippen LogP contribution in [0.3, 0.4) is 0 Å². The summed E-state index contributed by atoms with van der Waals surface area (Å²) < 4.78 is 5.49. The number of rotatable bonds is 10. The van der Waals surface area contributed by atoms with Gasteiger partial charge in [0.25, 0.3) is 5.91 Å². The van der Waals surface area contributed by atoms with Crippen LogP contribution in [0, 0.1) is 19.3 Å². The highest BCUT2D eigenvalue weighted by Gasteiger charge is 2.37. The molecule has 214 valence electrons. The lowest BCUT2D eigenvalue weighted by Gasteiger charge is -2.35. The second-order valence-electron chi connectivity index (χ2n) is 10.9. The van der Waals surface area contributed by atoms with Crippen molar-refractivity contribution < 1.29 is 19.1 Å². The first-order valence-corrected chi connectivity index (χ1v) is 13.8. The predicted molar refractivity (Wildman–Crippen MR) is 162 cm³/mol. The van der Waals surface area contributed by atoms with Crippen LogP contribution >= 0.6 is 0 Å². The van der Waals surface area contributed by atoms with Gasteiger partial charge in [-0.1, -0.05) is 79.6 Å². The smallest absolute Gasteiger partial charge is 0.408 e. The van der Waals surface area contributed by atoms with E-state index in [1.54, 1.807) is 45.0 Å². The number of nitrogens with one attached hydrogen (secondary N) is 2. The second-order valence-corrected chi connectivity index (χ2v) is 10.9. The molecule has 0 radical (unpaired) electrons. The van der Waals surface area contributed by atoms with E-state index >= 15 is 0 Å². The number of aryl methyl sites for hydroxylation is 1. The van der Waals surface area contributed by atoms with Crippen molar-refractivity contribution >= 4 is 23.6 Å². The minimum atomic E-state index is -1.05. The molecule has 0 fully saturated rings. The third-order valence-corrected chi connectivity index (χ3v) is 6.39. The summed E-state index contributed by atoms with van der Waals surface area (Å²) in [5, 5.41) is 5.77. The van der Waals surface area contributed by atoms with Gasteiger partial charge in [0.15, 0.2) is 0 Å². The maximum absolute atomic E-state index is 14.4. The van der Waals surface area contributed by atoms with Crippen LogP contribution in [0.2, 0.25) is 0 Å². The van der Waals surface area contributed by atoms with Gasteiger partial charge in [-0.2, -0.15) is 0 Å². The molecule has 3 aromatic rings. The van der Waals surface area contributed by atoms with Crippen LogP contribution in [0.25, 0.3) is 0 Å². The number of anilines is 1. The van der Waals surface area contributed by atoms with Gasteiger partial charge in [-0.25, -0.2) is 4.79 Å². The van der Waals surface area contributed by atoms with E-state index in [-0.39, 0.29) is 13.0 Å². The van der Waals surface area contributed by atoms with Gasteiger partial charge in [-0.05, 0) is 62.9 Å². The molecule has 0 saturated heterocycles.